The van der Waals surface area contributed by atoms with Crippen LogP contribution >= 0.6 is 11.6 Å². The second-order valence-corrected chi connectivity index (χ2v) is 33.7. The monoisotopic (exact) mass is 1720 g/mol. The zero-order valence-electron chi connectivity index (χ0n) is 72.0. The predicted molar refractivity (Wildman–Crippen MR) is 503 cm³/mol. The van der Waals surface area contributed by atoms with E-state index in [1.165, 1.54) is 140 Å². The molecule has 0 atom stereocenters. The summed E-state index contributed by atoms with van der Waals surface area (Å²) in [6.07, 6.45) is 34.8. The van der Waals surface area contributed by atoms with Crippen molar-refractivity contribution in [2.24, 2.45) is 0 Å². The highest BCUT2D eigenvalue weighted by molar-refractivity contribution is 6.30. The number of hydrogen-bond donors (Lipinski definition) is 0. The number of hydrogen-bond acceptors (Lipinski definition) is 16. The van der Waals surface area contributed by atoms with Gasteiger partial charge in [-0.3, -0.25) is 66.1 Å². The largest absolute Gasteiger partial charge is 0.487 e. The number of fused-ring (bicyclic) bond motifs is 4. The van der Waals surface area contributed by atoms with E-state index >= 15 is 0 Å². The maximum Gasteiger partial charge on any atom is 0.258 e. The van der Waals surface area contributed by atoms with E-state index in [1.54, 1.807) is 79.5 Å². The Hall–Kier alpha value is -13.0. The number of ether oxygens (including phenoxy) is 2. The fourth-order valence-corrected chi connectivity index (χ4v) is 17.5. The summed E-state index contributed by atoms with van der Waals surface area (Å²) < 4.78 is 26.4. The minimum Gasteiger partial charge on any atom is -0.487 e. The van der Waals surface area contributed by atoms with Crippen LogP contribution in [0.1, 0.15) is 97.8 Å². The van der Waals surface area contributed by atoms with Gasteiger partial charge in [0.15, 0.2) is 0 Å². The van der Waals surface area contributed by atoms with Gasteiger partial charge in [0.25, 0.3) is 22.2 Å². The number of rotatable bonds is 28. The van der Waals surface area contributed by atoms with Crippen LogP contribution in [0.3, 0.4) is 0 Å². The van der Waals surface area contributed by atoms with E-state index in [0.717, 1.165) is 167 Å². The Morgan fingerprint density at radius 3 is 0.929 bits per heavy atom. The van der Waals surface area contributed by atoms with Crippen molar-refractivity contribution in [2.75, 3.05) is 78.5 Å². The Balaban J connectivity index is 0.000000119. The molecule has 16 aromatic rings. The molecule has 4 fully saturated rings. The summed E-state index contributed by atoms with van der Waals surface area (Å²) in [5.74, 6) is 1.03. The third kappa shape index (κ3) is 22.8. The SMILES string of the molecule is O=c1cc(CCc2ccccc2)ccn1-c1ccc2c(cnn2CCN2CCCCC2)c1.O=c1cc(CCc2ccccc2)ccn1-c1ccc2c(cnn2CCN2CCCCC2)c1.O=c1cc(OCc2ccc(Cl)cn2)ccn1-c1ccc2c(cnn2CCN2CCCC2)c1.O=c1cc(OCc2ccccn2)ccn1-c1ccc2c(cnn2CCN2CCCC2)c1. The number of nitrogens with zero attached hydrogens (tertiary/aromatic N) is 18. The van der Waals surface area contributed by atoms with Crippen LogP contribution in [-0.4, -0.2) is 165 Å². The molecule has 0 aliphatic carbocycles. The molecular weight excluding hydrogens is 1610 g/mol. The van der Waals surface area contributed by atoms with Gasteiger partial charge in [0, 0.05) is 132 Å². The number of aryl methyl sites for hydroxylation is 4. The molecule has 0 saturated carbocycles. The summed E-state index contributed by atoms with van der Waals surface area (Å²) in [7, 11) is 0. The van der Waals surface area contributed by atoms with E-state index in [0.29, 0.717) is 23.1 Å². The molecule has 0 unspecified atom stereocenters. The second kappa shape index (κ2) is 42.3. The molecule has 0 spiro atoms. The highest BCUT2D eigenvalue weighted by atomic mass is 35.5. The minimum absolute atomic E-state index is 0.00685. The molecule has 127 heavy (non-hydrogen) atoms. The number of aromatic nitrogens is 14. The molecule has 4 saturated heterocycles. The van der Waals surface area contributed by atoms with E-state index in [-0.39, 0.29) is 28.8 Å². The molecule has 6 aromatic carbocycles. The Labute approximate surface area is 743 Å². The number of likely N-dealkylation sites (tertiary alicyclic amines) is 4. The first-order chi connectivity index (χ1) is 62.4. The zero-order valence-corrected chi connectivity index (χ0v) is 72.7. The summed E-state index contributed by atoms with van der Waals surface area (Å²) in [5, 5.41) is 23.1. The van der Waals surface area contributed by atoms with Crippen LogP contribution in [0.4, 0.5) is 0 Å². The third-order valence-electron chi connectivity index (χ3n) is 24.5. The number of benzene rings is 6. The zero-order chi connectivity index (χ0) is 86.5. The average Bonchev–Trinajstić information content (AvgIpc) is 1.71. The van der Waals surface area contributed by atoms with Crippen molar-refractivity contribution in [1.29, 1.82) is 0 Å². The number of piperidine rings is 2. The van der Waals surface area contributed by atoms with Crippen LogP contribution in [0.2, 0.25) is 5.02 Å². The maximum atomic E-state index is 12.8. The predicted octanol–water partition coefficient (Wildman–Crippen LogP) is 16.1. The van der Waals surface area contributed by atoms with Gasteiger partial charge in [-0.2, -0.15) is 20.4 Å². The van der Waals surface area contributed by atoms with Crippen molar-refractivity contribution in [3.8, 4) is 34.2 Å². The van der Waals surface area contributed by atoms with E-state index < -0.39 is 0 Å². The third-order valence-corrected chi connectivity index (χ3v) is 24.8. The van der Waals surface area contributed by atoms with Crippen molar-refractivity contribution in [3.63, 3.8) is 0 Å². The van der Waals surface area contributed by atoms with Crippen molar-refractivity contribution < 1.29 is 9.47 Å². The smallest absolute Gasteiger partial charge is 0.258 e. The van der Waals surface area contributed by atoms with Crippen LogP contribution < -0.4 is 31.7 Å². The van der Waals surface area contributed by atoms with Gasteiger partial charge in [-0.15, -0.1) is 0 Å². The van der Waals surface area contributed by atoms with Gasteiger partial charge in [-0.05, 0) is 273 Å². The van der Waals surface area contributed by atoms with Gasteiger partial charge in [0.2, 0.25) is 0 Å². The van der Waals surface area contributed by atoms with Crippen LogP contribution in [0.25, 0.3) is 66.4 Å². The fourth-order valence-electron chi connectivity index (χ4n) is 17.4. The van der Waals surface area contributed by atoms with E-state index in [1.807, 2.05) is 121 Å². The first-order valence-corrected chi connectivity index (χ1v) is 45.3. The van der Waals surface area contributed by atoms with Crippen molar-refractivity contribution in [1.82, 2.24) is 87.0 Å². The molecule has 20 rings (SSSR count). The molecule has 25 heteroatoms. The first kappa shape index (κ1) is 86.2. The van der Waals surface area contributed by atoms with Gasteiger partial charge >= 0.3 is 0 Å². The van der Waals surface area contributed by atoms with Crippen molar-refractivity contribution >= 4 is 55.2 Å². The van der Waals surface area contributed by atoms with Gasteiger partial charge in [0.05, 0.1) is 89.4 Å². The molecule has 0 bridgehead atoms. The minimum atomic E-state index is -0.160. The fraction of sp³-hybridized carbons (Fsp3) is 0.314. The Morgan fingerprint density at radius 1 is 0.283 bits per heavy atom. The molecule has 14 heterocycles. The van der Waals surface area contributed by atoms with Crippen LogP contribution in [0, 0.1) is 0 Å². The molecule has 10 aromatic heterocycles. The van der Waals surface area contributed by atoms with Gasteiger partial charge < -0.3 is 29.1 Å². The molecule has 4 aliphatic heterocycles. The van der Waals surface area contributed by atoms with Gasteiger partial charge in [0.1, 0.15) is 24.7 Å². The normalized spacial score (nSPS) is 14.5. The standard InChI is InChI=1S/2C27H30N4O.C24H24ClN5O2.C24H25N5O2/c2*32-27-19-23(10-9-22-7-3-1-4-8-22)13-16-30(27)25-11-12-26-24(20-25)21-28-31(26)18-17-29-14-5-2-6-15-29;25-19-3-4-20(26-16-19)17-32-22-7-10-29(24(31)14-22)21-5-6-23-18(13-21)15-27-30(23)12-11-28-8-1-2-9-28;30-24-16-22(31-18-20-5-1-2-9-25-20)8-12-28(24)21-6-7-23-19(15-21)17-26-29(23)14-13-27-10-3-4-11-27/h2*1,3-4,7-8,11-13,16,19-21H,2,5-6,9-10,14-15,17-18H2;3-7,10,13-16H,1-2,8-9,11-12,17H2;1-2,5-9,12,15-17H,3-4,10-11,13-14,18H2. The number of halogens is 1. The highest BCUT2D eigenvalue weighted by Gasteiger charge is 2.19. The quantitative estimate of drug-likeness (QED) is 0.0445. The number of pyridine rings is 6. The Kier molecular flexibility index (Phi) is 28.7. The molecular formula is C102H109ClN18O6. The van der Waals surface area contributed by atoms with E-state index in [2.05, 4.69) is 149 Å². The maximum absolute atomic E-state index is 12.8. The molecule has 4 aliphatic rings. The lowest BCUT2D eigenvalue weighted by molar-refractivity contribution is 0.219. The summed E-state index contributed by atoms with van der Waals surface area (Å²) >= 11 is 5.85. The molecule has 650 valence electrons. The lowest BCUT2D eigenvalue weighted by atomic mass is 10.1. The summed E-state index contributed by atoms with van der Waals surface area (Å²) in [6.45, 7) is 17.8. The van der Waals surface area contributed by atoms with Crippen LogP contribution in [0.15, 0.2) is 293 Å². The van der Waals surface area contributed by atoms with E-state index in [9.17, 15) is 19.2 Å². The van der Waals surface area contributed by atoms with Crippen molar-refractivity contribution in [2.45, 2.75) is 129 Å². The second-order valence-electron chi connectivity index (χ2n) is 33.3. The summed E-state index contributed by atoms with van der Waals surface area (Å²) in [6, 6.07) is 68.5. The Bertz CT molecular complexity index is 6360. The topological polar surface area (TPSA) is 216 Å². The highest BCUT2D eigenvalue weighted by Crippen LogP contribution is 2.26. The molecule has 24 nitrogen and oxygen atoms in total. The lowest BCUT2D eigenvalue weighted by Crippen LogP contribution is -2.32. The Morgan fingerprint density at radius 2 is 0.606 bits per heavy atom. The molecule has 0 amide bonds. The summed E-state index contributed by atoms with van der Waals surface area (Å²) in [4.78, 5) is 69.5. The van der Waals surface area contributed by atoms with E-state index in [4.69, 9.17) is 21.1 Å². The van der Waals surface area contributed by atoms with Crippen LogP contribution in [-0.2, 0) is 65.1 Å². The molecule has 0 radical (unpaired) electrons. The van der Waals surface area contributed by atoms with Crippen LogP contribution in [0.5, 0.6) is 11.5 Å². The average molecular weight is 1720 g/mol. The summed E-state index contributed by atoms with van der Waals surface area (Å²) in [5.41, 5.74) is 13.8. The first-order valence-electron chi connectivity index (χ1n) is 44.9. The van der Waals surface area contributed by atoms with Crippen molar-refractivity contribution in [3.05, 3.63) is 354 Å². The molecule has 0 N–H and O–H groups in total. The van der Waals surface area contributed by atoms with Gasteiger partial charge in [-0.1, -0.05) is 91.2 Å². The lowest BCUT2D eigenvalue weighted by Gasteiger charge is -2.26. The van der Waals surface area contributed by atoms with Gasteiger partial charge in [-0.25, -0.2) is 0 Å².